The van der Waals surface area contributed by atoms with Crippen molar-refractivity contribution in [1.29, 1.82) is 0 Å². The quantitative estimate of drug-likeness (QED) is 0.435. The predicted molar refractivity (Wildman–Crippen MR) is 91.8 cm³/mol. The van der Waals surface area contributed by atoms with Crippen LogP contribution in [0.1, 0.15) is 81.5 Å². The fourth-order valence-corrected chi connectivity index (χ4v) is 3.10. The molecule has 0 saturated carbocycles. The lowest BCUT2D eigenvalue weighted by Crippen LogP contribution is -2.05. The molecule has 0 atom stereocenters. The fourth-order valence-electron chi connectivity index (χ4n) is 2.85. The summed E-state index contributed by atoms with van der Waals surface area (Å²) in [5.74, 6) is 0.659. The van der Waals surface area contributed by atoms with Gasteiger partial charge in [0, 0.05) is 5.88 Å². The Labute approximate surface area is 130 Å². The molecule has 0 spiro atoms. The SMILES string of the molecule is CCCCc1ccc(CCl)c(CCCC)c1CCCC. The maximum absolute atomic E-state index is 6.17. The molecule has 0 fully saturated rings. The standard InChI is InChI=1S/C19H31Cl/c1-4-7-10-16-13-14-17(15-20)19(12-9-6-3)18(16)11-8-5-2/h13-14H,4-12,15H2,1-3H3. The molecule has 0 heterocycles. The van der Waals surface area contributed by atoms with Crippen LogP contribution in [0.5, 0.6) is 0 Å². The molecule has 0 saturated heterocycles. The average molecular weight is 295 g/mol. The van der Waals surface area contributed by atoms with E-state index in [0.717, 1.165) is 0 Å². The second-order valence-corrected chi connectivity index (χ2v) is 6.05. The zero-order chi connectivity index (χ0) is 14.8. The third-order valence-corrected chi connectivity index (χ3v) is 4.42. The minimum Gasteiger partial charge on any atom is -0.122 e. The molecule has 0 aliphatic rings. The molecule has 0 bridgehead atoms. The fraction of sp³-hybridized carbons (Fsp3) is 0.684. The molecular weight excluding hydrogens is 264 g/mol. The van der Waals surface area contributed by atoms with Crippen LogP contribution >= 0.6 is 11.6 Å². The average Bonchev–Trinajstić information content (AvgIpc) is 2.48. The molecule has 0 amide bonds. The van der Waals surface area contributed by atoms with Crippen molar-refractivity contribution in [2.75, 3.05) is 0 Å². The number of unbranched alkanes of at least 4 members (excludes halogenated alkanes) is 3. The van der Waals surface area contributed by atoms with Gasteiger partial charge in [-0.25, -0.2) is 0 Å². The van der Waals surface area contributed by atoms with Crippen LogP contribution in [0.25, 0.3) is 0 Å². The predicted octanol–water partition coefficient (Wildman–Crippen LogP) is 6.45. The Bertz CT molecular complexity index is 382. The molecule has 1 heteroatoms. The Morgan fingerprint density at radius 3 is 1.65 bits per heavy atom. The highest BCUT2D eigenvalue weighted by atomic mass is 35.5. The van der Waals surface area contributed by atoms with Crippen LogP contribution in [0, 0.1) is 0 Å². The van der Waals surface area contributed by atoms with Crippen LogP contribution < -0.4 is 0 Å². The highest BCUT2D eigenvalue weighted by molar-refractivity contribution is 6.17. The molecule has 0 N–H and O–H groups in total. The van der Waals surface area contributed by atoms with Crippen LogP contribution in [0.15, 0.2) is 12.1 Å². The molecule has 1 aromatic carbocycles. The van der Waals surface area contributed by atoms with Crippen molar-refractivity contribution in [2.24, 2.45) is 0 Å². The molecule has 0 aliphatic heterocycles. The van der Waals surface area contributed by atoms with Crippen molar-refractivity contribution in [3.63, 3.8) is 0 Å². The van der Waals surface area contributed by atoms with E-state index < -0.39 is 0 Å². The van der Waals surface area contributed by atoms with Crippen molar-refractivity contribution >= 4 is 11.6 Å². The van der Waals surface area contributed by atoms with Gasteiger partial charge in [-0.15, -0.1) is 11.6 Å². The Balaban J connectivity index is 3.09. The summed E-state index contributed by atoms with van der Waals surface area (Å²) in [6, 6.07) is 4.62. The van der Waals surface area contributed by atoms with Crippen molar-refractivity contribution in [3.05, 3.63) is 34.4 Å². The summed E-state index contributed by atoms with van der Waals surface area (Å²) in [7, 11) is 0. The summed E-state index contributed by atoms with van der Waals surface area (Å²) in [5, 5.41) is 0. The number of halogens is 1. The third-order valence-electron chi connectivity index (χ3n) is 4.13. The zero-order valence-corrected chi connectivity index (χ0v) is 14.4. The first-order chi connectivity index (χ1) is 9.78. The van der Waals surface area contributed by atoms with Gasteiger partial charge in [-0.1, -0.05) is 52.2 Å². The van der Waals surface area contributed by atoms with Gasteiger partial charge in [0.2, 0.25) is 0 Å². The minimum absolute atomic E-state index is 0.659. The number of alkyl halides is 1. The van der Waals surface area contributed by atoms with Gasteiger partial charge >= 0.3 is 0 Å². The first kappa shape index (κ1) is 17.6. The van der Waals surface area contributed by atoms with Crippen molar-refractivity contribution in [3.8, 4) is 0 Å². The van der Waals surface area contributed by atoms with Crippen molar-refractivity contribution in [1.82, 2.24) is 0 Å². The Kier molecular flexibility index (Phi) is 9.02. The number of hydrogen-bond acceptors (Lipinski definition) is 0. The Morgan fingerprint density at radius 1 is 0.700 bits per heavy atom. The van der Waals surface area contributed by atoms with Crippen LogP contribution in [0.4, 0.5) is 0 Å². The van der Waals surface area contributed by atoms with E-state index in [2.05, 4.69) is 32.9 Å². The number of rotatable bonds is 10. The van der Waals surface area contributed by atoms with Gasteiger partial charge in [-0.2, -0.15) is 0 Å². The molecular formula is C19H31Cl. The first-order valence-corrected chi connectivity index (χ1v) is 9.00. The maximum Gasteiger partial charge on any atom is 0.0476 e. The number of benzene rings is 1. The van der Waals surface area contributed by atoms with E-state index in [1.807, 2.05) is 0 Å². The molecule has 1 aromatic rings. The highest BCUT2D eigenvalue weighted by Gasteiger charge is 2.12. The summed E-state index contributed by atoms with van der Waals surface area (Å²) >= 11 is 6.17. The van der Waals surface area contributed by atoms with E-state index in [1.54, 1.807) is 16.7 Å². The van der Waals surface area contributed by atoms with Gasteiger partial charge < -0.3 is 0 Å². The Morgan fingerprint density at radius 2 is 1.15 bits per heavy atom. The normalized spacial score (nSPS) is 11.0. The monoisotopic (exact) mass is 294 g/mol. The first-order valence-electron chi connectivity index (χ1n) is 8.46. The molecule has 1 rings (SSSR count). The van der Waals surface area contributed by atoms with E-state index in [1.165, 1.54) is 63.4 Å². The lowest BCUT2D eigenvalue weighted by molar-refractivity contribution is 0.731. The molecule has 0 aliphatic carbocycles. The minimum atomic E-state index is 0.659. The van der Waals surface area contributed by atoms with Crippen LogP contribution in [0.3, 0.4) is 0 Å². The van der Waals surface area contributed by atoms with Gasteiger partial charge in [0.05, 0.1) is 0 Å². The summed E-state index contributed by atoms with van der Waals surface area (Å²) in [6.45, 7) is 6.83. The second-order valence-electron chi connectivity index (χ2n) is 5.79. The smallest absolute Gasteiger partial charge is 0.0476 e. The van der Waals surface area contributed by atoms with E-state index in [0.29, 0.717) is 5.88 Å². The summed E-state index contributed by atoms with van der Waals surface area (Å²) < 4.78 is 0. The van der Waals surface area contributed by atoms with E-state index in [-0.39, 0.29) is 0 Å². The number of hydrogen-bond donors (Lipinski definition) is 0. The van der Waals surface area contributed by atoms with Crippen LogP contribution in [-0.4, -0.2) is 0 Å². The highest BCUT2D eigenvalue weighted by Crippen LogP contribution is 2.26. The van der Waals surface area contributed by atoms with Gasteiger partial charge in [0.25, 0.3) is 0 Å². The van der Waals surface area contributed by atoms with E-state index >= 15 is 0 Å². The molecule has 114 valence electrons. The Hall–Kier alpha value is -0.490. The zero-order valence-electron chi connectivity index (χ0n) is 13.6. The molecule has 0 unspecified atom stereocenters. The second kappa shape index (κ2) is 10.3. The van der Waals surface area contributed by atoms with Crippen molar-refractivity contribution < 1.29 is 0 Å². The molecule has 0 radical (unpaired) electrons. The lowest BCUT2D eigenvalue weighted by Gasteiger charge is -2.18. The van der Waals surface area contributed by atoms with Gasteiger partial charge in [-0.3, -0.25) is 0 Å². The van der Waals surface area contributed by atoms with E-state index in [4.69, 9.17) is 11.6 Å². The maximum atomic E-state index is 6.17. The summed E-state index contributed by atoms with van der Waals surface area (Å²) in [6.07, 6.45) is 11.3. The molecule has 0 nitrogen and oxygen atoms in total. The van der Waals surface area contributed by atoms with Gasteiger partial charge in [-0.05, 0) is 60.8 Å². The molecule has 0 aromatic heterocycles. The lowest BCUT2D eigenvalue weighted by atomic mass is 9.88. The van der Waals surface area contributed by atoms with Crippen LogP contribution in [-0.2, 0) is 25.1 Å². The van der Waals surface area contributed by atoms with E-state index in [9.17, 15) is 0 Å². The largest absolute Gasteiger partial charge is 0.122 e. The molecule has 20 heavy (non-hydrogen) atoms. The number of aryl methyl sites for hydroxylation is 1. The van der Waals surface area contributed by atoms with Crippen LogP contribution in [0.2, 0.25) is 0 Å². The topological polar surface area (TPSA) is 0 Å². The van der Waals surface area contributed by atoms with Gasteiger partial charge in [0.1, 0.15) is 0 Å². The van der Waals surface area contributed by atoms with Gasteiger partial charge in [0.15, 0.2) is 0 Å². The summed E-state index contributed by atoms with van der Waals surface area (Å²) in [5.41, 5.74) is 6.16. The summed E-state index contributed by atoms with van der Waals surface area (Å²) in [4.78, 5) is 0. The third kappa shape index (κ3) is 5.13. The van der Waals surface area contributed by atoms with Crippen molar-refractivity contribution in [2.45, 2.75) is 84.4 Å².